The Kier molecular flexibility index (Phi) is 3.32. The molecule has 1 heterocycles. The van der Waals surface area contributed by atoms with Crippen LogP contribution < -0.4 is 5.73 Å². The quantitative estimate of drug-likeness (QED) is 0.702. The zero-order valence-corrected chi connectivity index (χ0v) is 12.4. The van der Waals surface area contributed by atoms with Crippen LogP contribution in [-0.4, -0.2) is 9.55 Å². The van der Waals surface area contributed by atoms with E-state index in [-0.39, 0.29) is 0 Å². The maximum absolute atomic E-state index is 6.29. The summed E-state index contributed by atoms with van der Waals surface area (Å²) in [6, 6.07) is 11.1. The van der Waals surface area contributed by atoms with Crippen molar-refractivity contribution < 1.29 is 0 Å². The Bertz CT molecular complexity index is 773. The topological polar surface area (TPSA) is 43.8 Å². The molecule has 3 nitrogen and oxygen atoms in total. The molecule has 2 aromatic carbocycles. The van der Waals surface area contributed by atoms with E-state index in [4.69, 9.17) is 28.9 Å². The summed E-state index contributed by atoms with van der Waals surface area (Å²) in [5, 5.41) is 1.28. The molecular weight excluding hydrogens is 293 g/mol. The SMILES string of the molecule is CCn1c(-c2c(N)cccc2Cl)nc2ccc(Cl)cc21. The van der Waals surface area contributed by atoms with E-state index in [1.54, 1.807) is 0 Å². The first kappa shape index (κ1) is 13.3. The van der Waals surface area contributed by atoms with Crippen LogP contribution in [0.3, 0.4) is 0 Å². The average molecular weight is 306 g/mol. The van der Waals surface area contributed by atoms with Gasteiger partial charge < -0.3 is 10.3 Å². The number of hydrogen-bond donors (Lipinski definition) is 1. The first-order chi connectivity index (χ1) is 9.61. The van der Waals surface area contributed by atoms with Gasteiger partial charge in [-0.3, -0.25) is 0 Å². The van der Waals surface area contributed by atoms with Gasteiger partial charge in [0.15, 0.2) is 0 Å². The van der Waals surface area contributed by atoms with E-state index < -0.39 is 0 Å². The van der Waals surface area contributed by atoms with Crippen molar-refractivity contribution in [2.24, 2.45) is 0 Å². The minimum absolute atomic E-state index is 0.598. The Labute approximate surface area is 126 Å². The second-order valence-electron chi connectivity index (χ2n) is 4.52. The van der Waals surface area contributed by atoms with Crippen LogP contribution in [0.25, 0.3) is 22.4 Å². The predicted octanol–water partition coefficient (Wildman–Crippen LogP) is 4.61. The number of hydrogen-bond acceptors (Lipinski definition) is 2. The number of fused-ring (bicyclic) bond motifs is 1. The molecule has 0 radical (unpaired) electrons. The van der Waals surface area contributed by atoms with Crippen molar-refractivity contribution in [1.29, 1.82) is 0 Å². The number of halogens is 2. The molecule has 0 spiro atoms. The van der Waals surface area contributed by atoms with Gasteiger partial charge in [0.2, 0.25) is 0 Å². The highest BCUT2D eigenvalue weighted by molar-refractivity contribution is 6.34. The van der Waals surface area contributed by atoms with Crippen LogP contribution in [0.2, 0.25) is 10.0 Å². The molecule has 2 N–H and O–H groups in total. The maximum Gasteiger partial charge on any atom is 0.144 e. The van der Waals surface area contributed by atoms with Gasteiger partial charge in [0.25, 0.3) is 0 Å². The molecule has 0 fully saturated rings. The van der Waals surface area contributed by atoms with Crippen LogP contribution >= 0.6 is 23.2 Å². The number of aryl methyl sites for hydroxylation is 1. The Morgan fingerprint density at radius 3 is 2.70 bits per heavy atom. The second-order valence-corrected chi connectivity index (χ2v) is 5.36. The third-order valence-electron chi connectivity index (χ3n) is 3.30. The highest BCUT2D eigenvalue weighted by Gasteiger charge is 2.16. The second kappa shape index (κ2) is 5.00. The molecule has 1 aromatic heterocycles. The summed E-state index contributed by atoms with van der Waals surface area (Å²) in [5.74, 6) is 0.771. The molecule has 0 unspecified atom stereocenters. The number of anilines is 1. The largest absolute Gasteiger partial charge is 0.398 e. The number of imidazole rings is 1. The van der Waals surface area contributed by atoms with Gasteiger partial charge >= 0.3 is 0 Å². The molecule has 20 heavy (non-hydrogen) atoms. The fourth-order valence-corrected chi connectivity index (χ4v) is 2.82. The molecule has 0 bridgehead atoms. The molecule has 0 aliphatic heterocycles. The van der Waals surface area contributed by atoms with E-state index in [2.05, 4.69) is 16.5 Å². The van der Waals surface area contributed by atoms with Crippen molar-refractivity contribution in [3.8, 4) is 11.4 Å². The highest BCUT2D eigenvalue weighted by Crippen LogP contribution is 2.35. The lowest BCUT2D eigenvalue weighted by Crippen LogP contribution is -2.00. The van der Waals surface area contributed by atoms with Crippen molar-refractivity contribution in [2.45, 2.75) is 13.5 Å². The van der Waals surface area contributed by atoms with Crippen LogP contribution in [0.4, 0.5) is 5.69 Å². The summed E-state index contributed by atoms with van der Waals surface area (Å²) < 4.78 is 2.07. The summed E-state index contributed by atoms with van der Waals surface area (Å²) in [6.45, 7) is 2.81. The van der Waals surface area contributed by atoms with E-state index in [1.807, 2.05) is 36.4 Å². The molecule has 3 aromatic rings. The fourth-order valence-electron chi connectivity index (χ4n) is 2.38. The van der Waals surface area contributed by atoms with Crippen LogP contribution in [-0.2, 0) is 6.54 Å². The van der Waals surface area contributed by atoms with Gasteiger partial charge in [0.05, 0.1) is 21.6 Å². The predicted molar refractivity (Wildman–Crippen MR) is 85.3 cm³/mol. The average Bonchev–Trinajstić information content (AvgIpc) is 2.76. The van der Waals surface area contributed by atoms with Gasteiger partial charge in [0.1, 0.15) is 5.82 Å². The molecule has 3 rings (SSSR count). The van der Waals surface area contributed by atoms with Crippen molar-refractivity contribution in [1.82, 2.24) is 9.55 Å². The van der Waals surface area contributed by atoms with Crippen molar-refractivity contribution in [2.75, 3.05) is 5.73 Å². The molecule has 102 valence electrons. The van der Waals surface area contributed by atoms with Gasteiger partial charge in [-0.1, -0.05) is 29.3 Å². The molecule has 0 saturated carbocycles. The van der Waals surface area contributed by atoms with Gasteiger partial charge in [-0.25, -0.2) is 4.98 Å². The van der Waals surface area contributed by atoms with Gasteiger partial charge in [-0.2, -0.15) is 0 Å². The van der Waals surface area contributed by atoms with Crippen molar-refractivity contribution in [3.05, 3.63) is 46.4 Å². The van der Waals surface area contributed by atoms with Crippen molar-refractivity contribution >= 4 is 39.9 Å². The molecule has 0 saturated heterocycles. The van der Waals surface area contributed by atoms with Gasteiger partial charge in [-0.05, 0) is 37.3 Å². The first-order valence-corrected chi connectivity index (χ1v) is 7.07. The fraction of sp³-hybridized carbons (Fsp3) is 0.133. The molecule has 5 heteroatoms. The number of aromatic nitrogens is 2. The van der Waals surface area contributed by atoms with Gasteiger partial charge in [-0.15, -0.1) is 0 Å². The summed E-state index contributed by atoms with van der Waals surface area (Å²) in [5.41, 5.74) is 9.31. The van der Waals surface area contributed by atoms with E-state index in [1.165, 1.54) is 0 Å². The summed E-state index contributed by atoms with van der Waals surface area (Å²) in [7, 11) is 0. The Balaban J connectivity index is 2.37. The maximum atomic E-state index is 6.29. The first-order valence-electron chi connectivity index (χ1n) is 6.32. The molecule has 0 atom stereocenters. The minimum Gasteiger partial charge on any atom is -0.398 e. The Hall–Kier alpha value is -1.71. The Morgan fingerprint density at radius 2 is 2.00 bits per heavy atom. The van der Waals surface area contributed by atoms with Crippen LogP contribution in [0.5, 0.6) is 0 Å². The number of benzene rings is 2. The minimum atomic E-state index is 0.598. The molecular formula is C15H13Cl2N3. The third kappa shape index (κ3) is 2.03. The van der Waals surface area contributed by atoms with E-state index >= 15 is 0 Å². The molecule has 0 aliphatic rings. The lowest BCUT2D eigenvalue weighted by Gasteiger charge is -2.10. The molecule has 0 aliphatic carbocycles. The van der Waals surface area contributed by atoms with E-state index in [0.29, 0.717) is 15.7 Å². The van der Waals surface area contributed by atoms with E-state index in [9.17, 15) is 0 Å². The number of nitrogen functional groups attached to an aromatic ring is 1. The van der Waals surface area contributed by atoms with Gasteiger partial charge in [0, 0.05) is 17.3 Å². The standard InChI is InChI=1S/C15H13Cl2N3/c1-2-20-13-8-9(16)6-7-12(13)19-15(20)14-10(17)4-3-5-11(14)18/h3-8H,2,18H2,1H3. The smallest absolute Gasteiger partial charge is 0.144 e. The number of nitrogens with two attached hydrogens (primary N) is 1. The Morgan fingerprint density at radius 1 is 1.20 bits per heavy atom. The summed E-state index contributed by atoms with van der Waals surface area (Å²) in [4.78, 5) is 4.66. The zero-order chi connectivity index (χ0) is 14.3. The van der Waals surface area contributed by atoms with Crippen LogP contribution in [0.15, 0.2) is 36.4 Å². The van der Waals surface area contributed by atoms with Crippen molar-refractivity contribution in [3.63, 3.8) is 0 Å². The normalized spacial score (nSPS) is 11.2. The van der Waals surface area contributed by atoms with Crippen LogP contribution in [0, 0.1) is 0 Å². The van der Waals surface area contributed by atoms with Crippen LogP contribution in [0.1, 0.15) is 6.92 Å². The monoisotopic (exact) mass is 305 g/mol. The summed E-state index contributed by atoms with van der Waals surface area (Å²) >= 11 is 12.4. The zero-order valence-electron chi connectivity index (χ0n) is 10.9. The third-order valence-corrected chi connectivity index (χ3v) is 3.85. The number of nitrogens with zero attached hydrogens (tertiary/aromatic N) is 2. The summed E-state index contributed by atoms with van der Waals surface area (Å²) in [6.07, 6.45) is 0. The lowest BCUT2D eigenvalue weighted by molar-refractivity contribution is 0.797. The number of rotatable bonds is 2. The lowest BCUT2D eigenvalue weighted by atomic mass is 10.1. The molecule has 0 amide bonds. The highest BCUT2D eigenvalue weighted by atomic mass is 35.5. The van der Waals surface area contributed by atoms with E-state index in [0.717, 1.165) is 29.0 Å².